The van der Waals surface area contributed by atoms with Crippen molar-refractivity contribution in [1.82, 2.24) is 0 Å². The maximum atomic E-state index is 12.0. The molecule has 0 amide bonds. The first kappa shape index (κ1) is 18.5. The van der Waals surface area contributed by atoms with Gasteiger partial charge in [-0.05, 0) is 39.7 Å². The summed E-state index contributed by atoms with van der Waals surface area (Å²) in [6.07, 6.45) is 2.07. The van der Waals surface area contributed by atoms with Crippen LogP contribution in [-0.4, -0.2) is 30.1 Å². The number of hydrogen-bond acceptors (Lipinski definition) is 6. The molecule has 130 valence electrons. The lowest BCUT2D eigenvalue weighted by Gasteiger charge is -2.29. The molecule has 0 spiro atoms. The first-order chi connectivity index (χ1) is 11.2. The van der Waals surface area contributed by atoms with Gasteiger partial charge in [-0.25, -0.2) is 4.79 Å². The van der Waals surface area contributed by atoms with Crippen LogP contribution in [0.2, 0.25) is 0 Å². The number of ketones is 1. The van der Waals surface area contributed by atoms with Crippen LogP contribution < -0.4 is 5.06 Å². The van der Waals surface area contributed by atoms with E-state index in [0.717, 1.165) is 5.06 Å². The number of carbonyl (C=O) groups is 2. The van der Waals surface area contributed by atoms with Gasteiger partial charge in [-0.3, -0.25) is 15.1 Å². The Balaban J connectivity index is 2.32. The molecule has 0 aliphatic heterocycles. The zero-order valence-corrected chi connectivity index (χ0v) is 15.3. The maximum absolute atomic E-state index is 12.0. The Morgan fingerprint density at radius 3 is 2.54 bits per heavy atom. The molecule has 1 heterocycles. The largest absolute Gasteiger partial charge is 0.465 e. The van der Waals surface area contributed by atoms with Gasteiger partial charge in [0.2, 0.25) is 0 Å². The number of nitrogens with zero attached hydrogens (tertiary/aromatic N) is 1. The summed E-state index contributed by atoms with van der Waals surface area (Å²) in [4.78, 5) is 24.4. The summed E-state index contributed by atoms with van der Waals surface area (Å²) in [6.45, 7) is 6.02. The fourth-order valence-electron chi connectivity index (χ4n) is 2.47. The highest BCUT2D eigenvalue weighted by atomic mass is 32.1. The summed E-state index contributed by atoms with van der Waals surface area (Å²) in [6, 6.07) is 1.54. The van der Waals surface area contributed by atoms with Gasteiger partial charge in [-0.2, -0.15) is 0 Å². The van der Waals surface area contributed by atoms with Crippen LogP contribution in [0, 0.1) is 17.3 Å². The van der Waals surface area contributed by atoms with E-state index >= 15 is 0 Å². The van der Waals surface area contributed by atoms with Gasteiger partial charge in [-0.1, -0.05) is 11.8 Å². The van der Waals surface area contributed by atoms with Gasteiger partial charge in [0.25, 0.3) is 0 Å². The highest BCUT2D eigenvalue weighted by Gasteiger charge is 2.28. The highest BCUT2D eigenvalue weighted by Crippen LogP contribution is 2.34. The molecule has 0 atom stereocenters. The van der Waals surface area contributed by atoms with Crippen molar-refractivity contribution < 1.29 is 19.5 Å². The van der Waals surface area contributed by atoms with Crippen LogP contribution in [0.5, 0.6) is 0 Å². The summed E-state index contributed by atoms with van der Waals surface area (Å²) in [5.74, 6) is 5.90. The Labute approximate surface area is 146 Å². The highest BCUT2D eigenvalue weighted by molar-refractivity contribution is 7.15. The second kappa shape index (κ2) is 7.37. The van der Waals surface area contributed by atoms with Gasteiger partial charge in [0, 0.05) is 18.3 Å². The molecule has 0 radical (unpaired) electrons. The van der Waals surface area contributed by atoms with Crippen molar-refractivity contribution >= 4 is 28.8 Å². The Hall–Kier alpha value is -1.84. The Morgan fingerprint density at radius 1 is 1.38 bits per heavy atom. The minimum absolute atomic E-state index is 0.155. The summed E-state index contributed by atoms with van der Waals surface area (Å²) >= 11 is 1.21. The summed E-state index contributed by atoms with van der Waals surface area (Å²) in [5.41, 5.74) is 0.252. The van der Waals surface area contributed by atoms with Crippen molar-refractivity contribution in [3.8, 4) is 11.8 Å². The topological polar surface area (TPSA) is 66.8 Å². The third-order valence-corrected chi connectivity index (χ3v) is 4.77. The van der Waals surface area contributed by atoms with Gasteiger partial charge in [0.1, 0.15) is 10.7 Å². The van der Waals surface area contributed by atoms with Gasteiger partial charge < -0.3 is 4.74 Å². The van der Waals surface area contributed by atoms with Crippen molar-refractivity contribution in [2.45, 2.75) is 52.5 Å². The lowest BCUT2D eigenvalue weighted by molar-refractivity contribution is -0.120. The Bertz CT molecular complexity index is 680. The van der Waals surface area contributed by atoms with Crippen molar-refractivity contribution in [2.24, 2.45) is 5.41 Å². The first-order valence-electron chi connectivity index (χ1n) is 7.96. The van der Waals surface area contributed by atoms with E-state index in [1.807, 2.05) is 20.8 Å². The van der Waals surface area contributed by atoms with E-state index in [1.165, 1.54) is 18.4 Å². The molecule has 0 unspecified atom stereocenters. The van der Waals surface area contributed by atoms with Crippen molar-refractivity contribution in [1.29, 1.82) is 0 Å². The zero-order chi connectivity index (χ0) is 17.9. The van der Waals surface area contributed by atoms with Crippen molar-refractivity contribution in [3.63, 3.8) is 0 Å². The summed E-state index contributed by atoms with van der Waals surface area (Å²) in [7, 11) is 1.31. The predicted molar refractivity (Wildman–Crippen MR) is 93.5 cm³/mol. The molecule has 0 bridgehead atoms. The Kier molecular flexibility index (Phi) is 5.68. The molecule has 24 heavy (non-hydrogen) atoms. The fraction of sp³-hybridized carbons (Fsp3) is 0.556. The third-order valence-electron chi connectivity index (χ3n) is 3.75. The molecule has 1 aliphatic rings. The van der Waals surface area contributed by atoms with Gasteiger partial charge >= 0.3 is 5.97 Å². The molecule has 1 aliphatic carbocycles. The van der Waals surface area contributed by atoms with Crippen LogP contribution in [0.25, 0.3) is 0 Å². The van der Waals surface area contributed by atoms with Crippen LogP contribution in [0.4, 0.5) is 5.69 Å². The summed E-state index contributed by atoms with van der Waals surface area (Å²) in [5, 5.41) is 11.7. The molecule has 1 saturated carbocycles. The van der Waals surface area contributed by atoms with Gasteiger partial charge in [0.05, 0.1) is 23.7 Å². The number of methoxy groups -OCH3 is 1. The number of Topliss-reactive ketones (excluding diaryl/α,β-unsaturated/α-hetero) is 1. The molecular weight excluding hydrogens is 326 g/mol. The fourth-order valence-corrected chi connectivity index (χ4v) is 3.38. The SMILES string of the molecule is COC(=O)c1sc(C#CC(C)(C)C)cc1N(O)C1CCC(=O)CC1. The number of hydroxylamine groups is 1. The Morgan fingerprint density at radius 2 is 2.00 bits per heavy atom. The number of ether oxygens (including phenoxy) is 1. The van der Waals surface area contributed by atoms with E-state index in [-0.39, 0.29) is 17.2 Å². The van der Waals surface area contributed by atoms with Crippen LogP contribution in [-0.2, 0) is 9.53 Å². The van der Waals surface area contributed by atoms with E-state index in [2.05, 4.69) is 11.8 Å². The average molecular weight is 349 g/mol. The number of carbonyl (C=O) groups excluding carboxylic acids is 2. The quantitative estimate of drug-likeness (QED) is 0.513. The molecule has 1 aromatic rings. The minimum Gasteiger partial charge on any atom is -0.465 e. The second-order valence-electron chi connectivity index (χ2n) is 6.93. The number of rotatable bonds is 3. The number of thiophene rings is 1. The normalized spacial score (nSPS) is 15.6. The van der Waals surface area contributed by atoms with Crippen LogP contribution in [0.15, 0.2) is 6.07 Å². The van der Waals surface area contributed by atoms with E-state index in [1.54, 1.807) is 6.07 Å². The minimum atomic E-state index is -0.496. The van der Waals surface area contributed by atoms with E-state index in [0.29, 0.717) is 41.1 Å². The molecule has 0 saturated heterocycles. The molecule has 1 N–H and O–H groups in total. The average Bonchev–Trinajstić information content (AvgIpc) is 2.96. The van der Waals surface area contributed by atoms with E-state index in [4.69, 9.17) is 4.74 Å². The van der Waals surface area contributed by atoms with Crippen LogP contribution >= 0.6 is 11.3 Å². The standard InChI is InChI=1S/C18H23NO4S/c1-18(2,3)10-9-14-11-15(16(24-14)17(21)23-4)19(22)12-5-7-13(20)8-6-12/h11-12,22H,5-8H2,1-4H3. The van der Waals surface area contributed by atoms with Crippen molar-refractivity contribution in [3.05, 3.63) is 15.8 Å². The number of anilines is 1. The van der Waals surface area contributed by atoms with E-state index in [9.17, 15) is 14.8 Å². The van der Waals surface area contributed by atoms with Gasteiger partial charge in [0.15, 0.2) is 0 Å². The monoisotopic (exact) mass is 349 g/mol. The lowest BCUT2D eigenvalue weighted by Crippen LogP contribution is -2.36. The molecule has 1 fully saturated rings. The van der Waals surface area contributed by atoms with Crippen molar-refractivity contribution in [2.75, 3.05) is 12.2 Å². The third kappa shape index (κ3) is 4.59. The van der Waals surface area contributed by atoms with Crippen LogP contribution in [0.1, 0.15) is 61.0 Å². The maximum Gasteiger partial charge on any atom is 0.350 e. The molecule has 0 aromatic carbocycles. The van der Waals surface area contributed by atoms with E-state index < -0.39 is 5.97 Å². The summed E-state index contributed by atoms with van der Waals surface area (Å²) < 4.78 is 4.82. The van der Waals surface area contributed by atoms with Crippen LogP contribution in [0.3, 0.4) is 0 Å². The second-order valence-corrected chi connectivity index (χ2v) is 7.98. The zero-order valence-electron chi connectivity index (χ0n) is 14.5. The molecule has 2 rings (SSSR count). The predicted octanol–water partition coefficient (Wildman–Crippen LogP) is 3.64. The van der Waals surface area contributed by atoms with Gasteiger partial charge in [-0.15, -0.1) is 11.3 Å². The molecule has 5 nitrogen and oxygen atoms in total. The molecule has 6 heteroatoms. The first-order valence-corrected chi connectivity index (χ1v) is 8.78. The lowest BCUT2D eigenvalue weighted by atomic mass is 9.94. The number of hydrogen-bond donors (Lipinski definition) is 1. The molecular formula is C18H23NO4S. The smallest absolute Gasteiger partial charge is 0.350 e. The molecule has 1 aromatic heterocycles. The number of esters is 1.